The molecule has 0 heterocycles. The molecular weight excluding hydrogens is 208 g/mol. The van der Waals surface area contributed by atoms with Gasteiger partial charge in [-0.3, -0.25) is 0 Å². The van der Waals surface area contributed by atoms with Crippen LogP contribution in [0.1, 0.15) is 38.5 Å². The second-order valence-electron chi connectivity index (χ2n) is 5.54. The van der Waals surface area contributed by atoms with Crippen LogP contribution in [0, 0.1) is 0 Å². The van der Waals surface area contributed by atoms with Gasteiger partial charge in [-0.2, -0.15) is 0 Å². The number of hydrogen-bond donors (Lipinski definition) is 1. The highest BCUT2D eigenvalue weighted by molar-refractivity contribution is 5.49. The van der Waals surface area contributed by atoms with Crippen molar-refractivity contribution in [3.63, 3.8) is 0 Å². The lowest BCUT2D eigenvalue weighted by Crippen LogP contribution is -2.42. The smallest absolute Gasteiger partial charge is 0.0371 e. The Labute approximate surface area is 104 Å². The van der Waals surface area contributed by atoms with Crippen molar-refractivity contribution >= 4 is 5.69 Å². The van der Waals surface area contributed by atoms with E-state index in [4.69, 9.17) is 5.73 Å². The molecule has 0 radical (unpaired) electrons. The molecule has 1 aromatic rings. The molecule has 2 aliphatic carbocycles. The fraction of sp³-hybridized carbons (Fsp3) is 0.600. The molecular formula is C15H22N2. The first-order valence-electron chi connectivity index (χ1n) is 6.93. The highest BCUT2D eigenvalue weighted by Crippen LogP contribution is 2.37. The van der Waals surface area contributed by atoms with Gasteiger partial charge in [0.15, 0.2) is 0 Å². The number of nitrogens with zero attached hydrogens (tertiary/aromatic N) is 1. The lowest BCUT2D eigenvalue weighted by Gasteiger charge is -2.38. The molecule has 1 aromatic carbocycles. The minimum Gasteiger partial charge on any atom is -0.366 e. The van der Waals surface area contributed by atoms with Gasteiger partial charge in [0.2, 0.25) is 0 Å². The maximum absolute atomic E-state index is 6.01. The molecule has 2 fully saturated rings. The van der Waals surface area contributed by atoms with Crippen molar-refractivity contribution in [2.75, 3.05) is 4.90 Å². The summed E-state index contributed by atoms with van der Waals surface area (Å²) in [6, 6.07) is 12.9. The van der Waals surface area contributed by atoms with Crippen LogP contribution >= 0.6 is 0 Å². The molecule has 2 N–H and O–H groups in total. The maximum atomic E-state index is 6.01. The third kappa shape index (κ3) is 2.47. The van der Waals surface area contributed by atoms with Crippen molar-refractivity contribution in [1.82, 2.24) is 0 Å². The Hall–Kier alpha value is -1.02. The van der Waals surface area contributed by atoms with E-state index in [1.54, 1.807) is 0 Å². The van der Waals surface area contributed by atoms with Crippen LogP contribution in [0.4, 0.5) is 5.69 Å². The predicted molar refractivity (Wildman–Crippen MR) is 72.2 cm³/mol. The van der Waals surface area contributed by atoms with Crippen molar-refractivity contribution < 1.29 is 0 Å². The largest absolute Gasteiger partial charge is 0.366 e. The summed E-state index contributed by atoms with van der Waals surface area (Å²) in [5, 5.41) is 0. The Balaban J connectivity index is 1.76. The summed E-state index contributed by atoms with van der Waals surface area (Å²) in [6.45, 7) is 0. The molecule has 2 heteroatoms. The Bertz CT molecular complexity index is 350. The van der Waals surface area contributed by atoms with Gasteiger partial charge in [0.25, 0.3) is 0 Å². The van der Waals surface area contributed by atoms with Crippen LogP contribution in [-0.4, -0.2) is 18.1 Å². The average molecular weight is 230 g/mol. The van der Waals surface area contributed by atoms with Crippen LogP contribution in [0.2, 0.25) is 0 Å². The van der Waals surface area contributed by atoms with Gasteiger partial charge in [-0.25, -0.2) is 0 Å². The fourth-order valence-corrected chi connectivity index (χ4v) is 3.05. The Kier molecular flexibility index (Phi) is 3.06. The van der Waals surface area contributed by atoms with Gasteiger partial charge in [0.1, 0.15) is 0 Å². The zero-order valence-corrected chi connectivity index (χ0v) is 10.4. The van der Waals surface area contributed by atoms with E-state index in [1.807, 2.05) is 0 Å². The number of rotatable bonds is 3. The van der Waals surface area contributed by atoms with Crippen molar-refractivity contribution in [3.8, 4) is 0 Å². The van der Waals surface area contributed by atoms with Gasteiger partial charge in [-0.05, 0) is 50.7 Å². The molecule has 2 aliphatic rings. The van der Waals surface area contributed by atoms with Crippen molar-refractivity contribution in [2.24, 2.45) is 5.73 Å². The highest BCUT2D eigenvalue weighted by Gasteiger charge is 2.35. The Morgan fingerprint density at radius 1 is 0.824 bits per heavy atom. The molecule has 0 aromatic heterocycles. The third-order valence-corrected chi connectivity index (χ3v) is 4.13. The molecule has 2 saturated carbocycles. The topological polar surface area (TPSA) is 29.3 Å². The number of para-hydroxylation sites is 1. The first kappa shape index (κ1) is 11.1. The molecule has 0 atom stereocenters. The second-order valence-corrected chi connectivity index (χ2v) is 5.54. The molecule has 92 valence electrons. The van der Waals surface area contributed by atoms with Crippen LogP contribution in [0.25, 0.3) is 0 Å². The monoisotopic (exact) mass is 230 g/mol. The normalized spacial score (nSPS) is 29.0. The van der Waals surface area contributed by atoms with E-state index in [1.165, 1.54) is 44.2 Å². The summed E-state index contributed by atoms with van der Waals surface area (Å²) < 4.78 is 0. The van der Waals surface area contributed by atoms with Gasteiger partial charge >= 0.3 is 0 Å². The summed E-state index contributed by atoms with van der Waals surface area (Å²) in [4.78, 5) is 2.67. The van der Waals surface area contributed by atoms with Crippen LogP contribution in [-0.2, 0) is 0 Å². The van der Waals surface area contributed by atoms with Crippen molar-refractivity contribution in [1.29, 1.82) is 0 Å². The zero-order chi connectivity index (χ0) is 11.7. The standard InChI is InChI=1S/C15H22N2/c16-12-6-8-14(9-7-12)17(15-10-11-15)13-4-2-1-3-5-13/h1-5,12,14-15H,6-11,16H2. The summed E-state index contributed by atoms with van der Waals surface area (Å²) in [7, 11) is 0. The number of nitrogens with two attached hydrogens (primary N) is 1. The maximum Gasteiger partial charge on any atom is 0.0371 e. The van der Waals surface area contributed by atoms with Crippen molar-refractivity contribution in [2.45, 2.75) is 56.7 Å². The minimum atomic E-state index is 0.447. The molecule has 2 nitrogen and oxygen atoms in total. The van der Waals surface area contributed by atoms with Gasteiger partial charge < -0.3 is 10.6 Å². The summed E-state index contributed by atoms with van der Waals surface area (Å²) >= 11 is 0. The fourth-order valence-electron chi connectivity index (χ4n) is 3.05. The summed E-state index contributed by atoms with van der Waals surface area (Å²) in [5.41, 5.74) is 7.42. The average Bonchev–Trinajstić information content (AvgIpc) is 3.18. The van der Waals surface area contributed by atoms with Gasteiger partial charge in [0, 0.05) is 23.8 Å². The lowest BCUT2D eigenvalue weighted by molar-refractivity contribution is 0.374. The molecule has 17 heavy (non-hydrogen) atoms. The lowest BCUT2D eigenvalue weighted by atomic mass is 9.90. The van der Waals surface area contributed by atoms with E-state index >= 15 is 0 Å². The zero-order valence-electron chi connectivity index (χ0n) is 10.4. The van der Waals surface area contributed by atoms with Crippen LogP contribution in [0.15, 0.2) is 30.3 Å². The van der Waals surface area contributed by atoms with E-state index < -0.39 is 0 Å². The third-order valence-electron chi connectivity index (χ3n) is 4.13. The van der Waals surface area contributed by atoms with E-state index in [0.717, 1.165) is 12.1 Å². The Morgan fingerprint density at radius 2 is 1.35 bits per heavy atom. The molecule has 0 amide bonds. The van der Waals surface area contributed by atoms with Crippen LogP contribution in [0.5, 0.6) is 0 Å². The van der Waals surface area contributed by atoms with Gasteiger partial charge in [-0.15, -0.1) is 0 Å². The van der Waals surface area contributed by atoms with Crippen LogP contribution < -0.4 is 10.6 Å². The molecule has 0 bridgehead atoms. The number of anilines is 1. The highest BCUT2D eigenvalue weighted by atomic mass is 15.2. The molecule has 0 aliphatic heterocycles. The van der Waals surface area contributed by atoms with E-state index in [0.29, 0.717) is 6.04 Å². The van der Waals surface area contributed by atoms with Crippen LogP contribution in [0.3, 0.4) is 0 Å². The van der Waals surface area contributed by atoms with Gasteiger partial charge in [-0.1, -0.05) is 18.2 Å². The Morgan fingerprint density at radius 3 is 1.88 bits per heavy atom. The molecule has 0 unspecified atom stereocenters. The molecule has 3 rings (SSSR count). The first-order chi connectivity index (χ1) is 8.34. The van der Waals surface area contributed by atoms with E-state index in [-0.39, 0.29) is 0 Å². The van der Waals surface area contributed by atoms with Crippen molar-refractivity contribution in [3.05, 3.63) is 30.3 Å². The number of benzene rings is 1. The quantitative estimate of drug-likeness (QED) is 0.865. The molecule has 0 saturated heterocycles. The van der Waals surface area contributed by atoms with Gasteiger partial charge in [0.05, 0.1) is 0 Å². The second kappa shape index (κ2) is 4.69. The minimum absolute atomic E-state index is 0.447. The van der Waals surface area contributed by atoms with E-state index in [9.17, 15) is 0 Å². The van der Waals surface area contributed by atoms with E-state index in [2.05, 4.69) is 35.2 Å². The SMILES string of the molecule is NC1CCC(N(c2ccccc2)C2CC2)CC1. The predicted octanol–water partition coefficient (Wildman–Crippen LogP) is 2.93. The molecule has 0 spiro atoms. The summed E-state index contributed by atoms with van der Waals surface area (Å²) in [5.74, 6) is 0. The number of hydrogen-bond acceptors (Lipinski definition) is 2. The first-order valence-corrected chi connectivity index (χ1v) is 6.93. The summed E-state index contributed by atoms with van der Waals surface area (Å²) in [6.07, 6.45) is 7.68.